The number of halogens is 3. The molecule has 1 atom stereocenters. The first-order chi connectivity index (χ1) is 27.4. The summed E-state index contributed by atoms with van der Waals surface area (Å²) in [5, 5.41) is 7.76. The lowest BCUT2D eigenvalue weighted by Crippen LogP contribution is -2.22. The second kappa shape index (κ2) is 18.6. The highest BCUT2D eigenvalue weighted by Crippen LogP contribution is 2.38. The Balaban J connectivity index is 1.49. The number of primary amides is 1. The van der Waals surface area contributed by atoms with Crippen LogP contribution in [0, 0.1) is 5.82 Å². The molecule has 0 aliphatic rings. The molecule has 5 aromatic rings. The van der Waals surface area contributed by atoms with Gasteiger partial charge in [-0.15, -0.1) is 0 Å². The number of carbonyl (C=O) groups is 2. The Bertz CT molecular complexity index is 2320. The number of rotatable bonds is 19. The van der Waals surface area contributed by atoms with Gasteiger partial charge in [0, 0.05) is 20.2 Å². The van der Waals surface area contributed by atoms with E-state index in [2.05, 4.69) is 35.0 Å². The van der Waals surface area contributed by atoms with Crippen LogP contribution < -0.4 is 25.2 Å². The second-order valence-corrected chi connectivity index (χ2v) is 21.5. The zero-order valence-corrected chi connectivity index (χ0v) is 34.1. The van der Waals surface area contributed by atoms with E-state index in [1.165, 1.54) is 60.5 Å². The minimum absolute atomic E-state index is 0.0320. The molecule has 0 bridgehead atoms. The van der Waals surface area contributed by atoms with Crippen molar-refractivity contribution in [1.29, 1.82) is 0 Å². The highest BCUT2D eigenvalue weighted by atomic mass is 32.2. The topological polar surface area (TPSA) is 186 Å². The second-order valence-electron chi connectivity index (χ2n) is 14.2. The Kier molecular flexibility index (Phi) is 13.8. The average molecular weight is 841 g/mol. The maximum atomic E-state index is 13.6. The molecule has 1 amide bonds. The monoisotopic (exact) mass is 840 g/mol. The molecule has 19 heteroatoms. The molecule has 308 valence electrons. The fourth-order valence-corrected chi connectivity index (χ4v) is 6.69. The number of hydrogen-bond donors (Lipinski definition) is 3. The van der Waals surface area contributed by atoms with Crippen LogP contribution >= 0.6 is 0 Å². The lowest BCUT2D eigenvalue weighted by molar-refractivity contribution is 0.0600. The number of carbonyl (C=O) groups excluding carboxylic acids is 2. The maximum Gasteiger partial charge on any atom is 0.355 e. The summed E-state index contributed by atoms with van der Waals surface area (Å²) < 4.78 is 90.9. The number of nitrogens with two attached hydrogens (primary N) is 1. The number of esters is 1. The van der Waals surface area contributed by atoms with Gasteiger partial charge in [-0.3, -0.25) is 9.52 Å². The Labute approximate surface area is 334 Å². The van der Waals surface area contributed by atoms with Crippen molar-refractivity contribution in [3.8, 4) is 22.8 Å². The van der Waals surface area contributed by atoms with Crippen LogP contribution in [0.25, 0.3) is 11.3 Å². The number of nitrogens with one attached hydrogen (secondary N) is 2. The van der Waals surface area contributed by atoms with Crippen molar-refractivity contribution in [3.05, 3.63) is 113 Å². The number of alkyl halides is 2. The van der Waals surface area contributed by atoms with E-state index in [-0.39, 0.29) is 53.2 Å². The summed E-state index contributed by atoms with van der Waals surface area (Å²) in [6.45, 7) is 8.67. The Morgan fingerprint density at radius 1 is 0.983 bits per heavy atom. The van der Waals surface area contributed by atoms with E-state index < -0.39 is 47.7 Å². The number of sulfonamides is 1. The van der Waals surface area contributed by atoms with Crippen molar-refractivity contribution in [2.24, 2.45) is 5.73 Å². The van der Waals surface area contributed by atoms with Gasteiger partial charge in [-0.2, -0.15) is 13.9 Å². The van der Waals surface area contributed by atoms with Gasteiger partial charge in [-0.1, -0.05) is 50.0 Å². The number of hydrogen-bond acceptors (Lipinski definition) is 11. The predicted molar refractivity (Wildman–Crippen MR) is 214 cm³/mol. The number of aromatic nitrogens is 3. The van der Waals surface area contributed by atoms with E-state index >= 15 is 0 Å². The van der Waals surface area contributed by atoms with Crippen molar-refractivity contribution in [2.75, 3.05) is 23.8 Å². The molecular formula is C39H43F3N6O8SSi. The molecule has 0 saturated carbocycles. The molecule has 4 N–H and O–H groups in total. The van der Waals surface area contributed by atoms with Crippen molar-refractivity contribution in [3.63, 3.8) is 0 Å². The Hall–Kier alpha value is -5.92. The third-order valence-electron chi connectivity index (χ3n) is 8.56. The third kappa shape index (κ3) is 11.4. The minimum Gasteiger partial charge on any atom is -0.487 e. The molecule has 2 aromatic heterocycles. The van der Waals surface area contributed by atoms with Gasteiger partial charge >= 0.3 is 11.7 Å². The number of pyridine rings is 1. The van der Waals surface area contributed by atoms with Crippen molar-refractivity contribution in [2.45, 2.75) is 57.8 Å². The molecule has 0 fully saturated rings. The highest BCUT2D eigenvalue weighted by molar-refractivity contribution is 7.93. The first-order valence-electron chi connectivity index (χ1n) is 17.8. The number of benzene rings is 3. The fraction of sp³-hybridized carbons (Fsp3) is 0.282. The summed E-state index contributed by atoms with van der Waals surface area (Å²) >= 11 is 0. The molecule has 3 aromatic carbocycles. The normalized spacial score (nSPS) is 12.2. The third-order valence-corrected chi connectivity index (χ3v) is 11.2. The van der Waals surface area contributed by atoms with Gasteiger partial charge in [-0.05, 0) is 72.6 Å². The molecule has 0 saturated heterocycles. The van der Waals surface area contributed by atoms with Gasteiger partial charge < -0.3 is 30.0 Å². The lowest BCUT2D eigenvalue weighted by atomic mass is 10.1. The van der Waals surface area contributed by atoms with Crippen LogP contribution in [-0.2, 0) is 32.8 Å². The number of anilines is 3. The lowest BCUT2D eigenvalue weighted by Gasteiger charge is -2.19. The minimum atomic E-state index is -5.13. The van der Waals surface area contributed by atoms with Gasteiger partial charge in [0.15, 0.2) is 0 Å². The molecule has 0 aliphatic heterocycles. The van der Waals surface area contributed by atoms with Crippen molar-refractivity contribution >= 4 is 47.3 Å². The summed E-state index contributed by atoms with van der Waals surface area (Å²) in [6, 6.07) is 20.0. The van der Waals surface area contributed by atoms with E-state index in [4.69, 9.17) is 24.7 Å². The van der Waals surface area contributed by atoms with E-state index in [9.17, 15) is 31.2 Å². The molecule has 0 radical (unpaired) electrons. The van der Waals surface area contributed by atoms with Gasteiger partial charge in [-0.25, -0.2) is 27.3 Å². The zero-order chi connectivity index (χ0) is 42.2. The average Bonchev–Trinajstić information content (AvgIpc) is 3.54. The summed E-state index contributed by atoms with van der Waals surface area (Å²) in [5.74, 6) is -4.96. The number of methoxy groups -OCH3 is 1. The van der Waals surface area contributed by atoms with Crippen molar-refractivity contribution < 1.29 is 50.1 Å². The predicted octanol–water partition coefficient (Wildman–Crippen LogP) is 7.71. The fourth-order valence-electron chi connectivity index (χ4n) is 5.37. The van der Waals surface area contributed by atoms with Gasteiger partial charge in [0.25, 0.3) is 15.9 Å². The van der Waals surface area contributed by atoms with Crippen LogP contribution in [0.15, 0.2) is 85.1 Å². The molecule has 0 unspecified atom stereocenters. The van der Waals surface area contributed by atoms with Gasteiger partial charge in [0.2, 0.25) is 0 Å². The molecule has 2 heterocycles. The number of nitrogens with zero attached hydrogens (tertiary/aromatic N) is 3. The molecule has 14 nitrogen and oxygen atoms in total. The largest absolute Gasteiger partial charge is 0.487 e. The van der Waals surface area contributed by atoms with E-state index in [1.54, 1.807) is 43.3 Å². The summed E-state index contributed by atoms with van der Waals surface area (Å²) in [5.41, 5.74) is 7.48. The van der Waals surface area contributed by atoms with Crippen molar-refractivity contribution in [1.82, 2.24) is 14.8 Å². The summed E-state index contributed by atoms with van der Waals surface area (Å²) in [6.07, 6.45) is 0.646. The first kappa shape index (κ1) is 43.2. The molecule has 0 aliphatic carbocycles. The molecular weight excluding hydrogens is 798 g/mol. The molecule has 0 spiro atoms. The van der Waals surface area contributed by atoms with Crippen LogP contribution in [0.3, 0.4) is 0 Å². The van der Waals surface area contributed by atoms with Crippen LogP contribution in [0.4, 0.5) is 30.5 Å². The number of ether oxygens (including phenoxy) is 4. The zero-order valence-electron chi connectivity index (χ0n) is 32.3. The van der Waals surface area contributed by atoms with E-state index in [1.807, 2.05) is 4.72 Å². The van der Waals surface area contributed by atoms with Gasteiger partial charge in [0.05, 0.1) is 24.6 Å². The smallest absolute Gasteiger partial charge is 0.355 e. The Morgan fingerprint density at radius 2 is 1.69 bits per heavy atom. The van der Waals surface area contributed by atoms with E-state index in [0.717, 1.165) is 11.6 Å². The number of amides is 1. The molecule has 5 rings (SSSR count). The van der Waals surface area contributed by atoms with Crippen LogP contribution in [-0.4, -0.2) is 62.6 Å². The highest BCUT2D eigenvalue weighted by Gasteiger charge is 2.28. The van der Waals surface area contributed by atoms with Crippen LogP contribution in [0.5, 0.6) is 11.5 Å². The van der Waals surface area contributed by atoms with Crippen LogP contribution in [0.2, 0.25) is 25.7 Å². The first-order valence-corrected chi connectivity index (χ1v) is 23.1. The Morgan fingerprint density at radius 3 is 2.29 bits per heavy atom. The SMILES string of the molecule is COC(=O)c1ccc(COc2ccc(Nc3c(C(N)=O)c(-c4ccc(NS(=O)(=O)C(F)F)c(O[C@@H](C)c5ccc(F)cc5)c4)nn3COCC[Si](C)(C)C)nc2)cc1. The standard InChI is InChI=1S/C39H43F3N6O8SSi/c1-24(26-10-13-29(40)14-11-26)56-32-20-28(12-16-31(32)47-57(51,52)39(41)42)35-34(36(43)49)37(48(46-35)23-54-18-19-58(3,4)5)45-33-17-15-30(21-44-33)55-22-25-6-8-27(9-7-25)38(50)53-2/h6-17,20-21,24,39,47H,18-19,22-23H2,1-5H3,(H2,43,49)(H,44,45)/t24-/m0/s1. The van der Waals surface area contributed by atoms with E-state index in [0.29, 0.717) is 23.5 Å². The molecule has 58 heavy (non-hydrogen) atoms. The van der Waals surface area contributed by atoms with Gasteiger partial charge in [0.1, 0.15) is 59.7 Å². The van der Waals surface area contributed by atoms with Crippen LogP contribution in [0.1, 0.15) is 44.9 Å². The maximum absolute atomic E-state index is 13.6. The summed E-state index contributed by atoms with van der Waals surface area (Å²) in [4.78, 5) is 29.4. The summed E-state index contributed by atoms with van der Waals surface area (Å²) in [7, 11) is -5.30. The quantitative estimate of drug-likeness (QED) is 0.0420.